The fourth-order valence-corrected chi connectivity index (χ4v) is 3.94. The predicted molar refractivity (Wildman–Crippen MR) is 103 cm³/mol. The van der Waals surface area contributed by atoms with E-state index in [1.54, 1.807) is 29.5 Å². The van der Waals surface area contributed by atoms with E-state index < -0.39 is 0 Å². The van der Waals surface area contributed by atoms with Crippen molar-refractivity contribution in [1.29, 1.82) is 0 Å². The first-order valence-electron chi connectivity index (χ1n) is 8.51. The summed E-state index contributed by atoms with van der Waals surface area (Å²) in [5, 5.41) is 5.50. The SMILES string of the molecule is COc1ccc(Cl)cc1C(=O)NC1CCN(C(=O)Cc2cccs2)CC1. The summed E-state index contributed by atoms with van der Waals surface area (Å²) in [6, 6.07) is 8.96. The van der Waals surface area contributed by atoms with Crippen molar-refractivity contribution in [3.63, 3.8) is 0 Å². The number of carbonyl (C=O) groups excluding carboxylic acids is 2. The van der Waals surface area contributed by atoms with Crippen LogP contribution in [0.3, 0.4) is 0 Å². The highest BCUT2D eigenvalue weighted by Crippen LogP contribution is 2.23. The number of thiophene rings is 1. The molecule has 1 N–H and O–H groups in total. The first-order valence-corrected chi connectivity index (χ1v) is 9.77. The summed E-state index contributed by atoms with van der Waals surface area (Å²) in [5.74, 6) is 0.442. The molecule has 1 aromatic heterocycles. The first-order chi connectivity index (χ1) is 12.6. The van der Waals surface area contributed by atoms with Crippen LogP contribution in [-0.4, -0.2) is 43.0 Å². The van der Waals surface area contributed by atoms with Gasteiger partial charge < -0.3 is 15.0 Å². The van der Waals surface area contributed by atoms with Gasteiger partial charge in [-0.1, -0.05) is 17.7 Å². The Morgan fingerprint density at radius 1 is 1.31 bits per heavy atom. The Bertz CT molecular complexity index is 771. The van der Waals surface area contributed by atoms with E-state index in [4.69, 9.17) is 16.3 Å². The highest BCUT2D eigenvalue weighted by atomic mass is 35.5. The van der Waals surface area contributed by atoms with Crippen LogP contribution < -0.4 is 10.1 Å². The number of likely N-dealkylation sites (tertiary alicyclic amines) is 1. The maximum atomic E-state index is 12.5. The van der Waals surface area contributed by atoms with Crippen molar-refractivity contribution in [1.82, 2.24) is 10.2 Å². The zero-order valence-corrected chi connectivity index (χ0v) is 16.1. The molecule has 1 saturated heterocycles. The molecule has 0 aliphatic carbocycles. The fourth-order valence-electron chi connectivity index (χ4n) is 3.07. The third-order valence-electron chi connectivity index (χ3n) is 4.49. The van der Waals surface area contributed by atoms with Gasteiger partial charge in [0.05, 0.1) is 19.1 Å². The maximum absolute atomic E-state index is 12.5. The maximum Gasteiger partial charge on any atom is 0.255 e. The van der Waals surface area contributed by atoms with Gasteiger partial charge >= 0.3 is 0 Å². The van der Waals surface area contributed by atoms with Crippen LogP contribution in [-0.2, 0) is 11.2 Å². The lowest BCUT2D eigenvalue weighted by atomic mass is 10.0. The zero-order valence-electron chi connectivity index (χ0n) is 14.5. The monoisotopic (exact) mass is 392 g/mol. The normalized spacial score (nSPS) is 14.9. The van der Waals surface area contributed by atoms with E-state index in [1.165, 1.54) is 7.11 Å². The molecule has 0 spiro atoms. The van der Waals surface area contributed by atoms with Gasteiger partial charge in [0.15, 0.2) is 0 Å². The first kappa shape index (κ1) is 18.7. The van der Waals surface area contributed by atoms with Crippen molar-refractivity contribution in [2.45, 2.75) is 25.3 Å². The van der Waals surface area contributed by atoms with Gasteiger partial charge in [-0.25, -0.2) is 0 Å². The molecule has 0 atom stereocenters. The van der Waals surface area contributed by atoms with Crippen LogP contribution in [0.1, 0.15) is 28.1 Å². The Morgan fingerprint density at radius 2 is 2.08 bits per heavy atom. The number of nitrogens with zero attached hydrogens (tertiary/aromatic N) is 1. The van der Waals surface area contributed by atoms with Gasteiger partial charge in [-0.2, -0.15) is 0 Å². The van der Waals surface area contributed by atoms with Crippen molar-refractivity contribution in [2.24, 2.45) is 0 Å². The van der Waals surface area contributed by atoms with Crippen LogP contribution in [0.25, 0.3) is 0 Å². The van der Waals surface area contributed by atoms with E-state index in [-0.39, 0.29) is 17.9 Å². The molecule has 1 aliphatic heterocycles. The van der Waals surface area contributed by atoms with Crippen molar-refractivity contribution < 1.29 is 14.3 Å². The second-order valence-electron chi connectivity index (χ2n) is 6.23. The molecule has 3 rings (SSSR count). The number of amides is 2. The van der Waals surface area contributed by atoms with Crippen LogP contribution in [0, 0.1) is 0 Å². The Morgan fingerprint density at radius 3 is 2.73 bits per heavy atom. The third-order valence-corrected chi connectivity index (χ3v) is 5.61. The van der Waals surface area contributed by atoms with Gasteiger partial charge in [0, 0.05) is 29.0 Å². The molecule has 7 heteroatoms. The molecule has 1 aromatic carbocycles. The number of halogens is 1. The third kappa shape index (κ3) is 4.56. The Kier molecular flexibility index (Phi) is 6.16. The van der Waals surface area contributed by atoms with Crippen molar-refractivity contribution >= 4 is 34.8 Å². The number of methoxy groups -OCH3 is 1. The molecular weight excluding hydrogens is 372 g/mol. The highest BCUT2D eigenvalue weighted by Gasteiger charge is 2.25. The average molecular weight is 393 g/mol. The molecule has 138 valence electrons. The summed E-state index contributed by atoms with van der Waals surface area (Å²) in [4.78, 5) is 27.9. The Labute approximate surface area is 161 Å². The molecule has 0 radical (unpaired) electrons. The van der Waals surface area contributed by atoms with Gasteiger partial charge in [0.2, 0.25) is 5.91 Å². The Balaban J connectivity index is 1.53. The molecule has 0 unspecified atom stereocenters. The molecule has 2 amide bonds. The van der Waals surface area contributed by atoms with Gasteiger partial charge in [-0.15, -0.1) is 11.3 Å². The predicted octanol–water partition coefficient (Wildman–Crippen LogP) is 3.37. The number of carbonyl (C=O) groups is 2. The van der Waals surface area contributed by atoms with Crippen LogP contribution in [0.4, 0.5) is 0 Å². The number of hydrogen-bond acceptors (Lipinski definition) is 4. The molecule has 2 heterocycles. The molecular formula is C19H21ClN2O3S. The number of ether oxygens (including phenoxy) is 1. The van der Waals surface area contributed by atoms with Crippen LogP contribution in [0.2, 0.25) is 5.02 Å². The summed E-state index contributed by atoms with van der Waals surface area (Å²) in [6.07, 6.45) is 1.93. The zero-order chi connectivity index (χ0) is 18.5. The minimum atomic E-state index is -0.201. The number of benzene rings is 1. The number of nitrogens with one attached hydrogen (secondary N) is 1. The lowest BCUT2D eigenvalue weighted by Gasteiger charge is -2.32. The summed E-state index contributed by atoms with van der Waals surface area (Å²) in [5.41, 5.74) is 0.427. The van der Waals surface area contributed by atoms with E-state index in [0.29, 0.717) is 35.8 Å². The van der Waals surface area contributed by atoms with Crippen molar-refractivity contribution in [3.05, 3.63) is 51.2 Å². The molecule has 0 bridgehead atoms. The second kappa shape index (κ2) is 8.56. The van der Waals surface area contributed by atoms with Crippen molar-refractivity contribution in [3.8, 4) is 5.75 Å². The lowest BCUT2D eigenvalue weighted by Crippen LogP contribution is -2.47. The quantitative estimate of drug-likeness (QED) is 0.848. The van der Waals surface area contributed by atoms with Gasteiger partial charge in [0.25, 0.3) is 5.91 Å². The van der Waals surface area contributed by atoms with Crippen LogP contribution >= 0.6 is 22.9 Å². The van der Waals surface area contributed by atoms with Gasteiger partial charge in [-0.3, -0.25) is 9.59 Å². The number of rotatable bonds is 5. The van der Waals surface area contributed by atoms with E-state index in [1.807, 2.05) is 22.4 Å². The van der Waals surface area contributed by atoms with E-state index >= 15 is 0 Å². The Hall–Kier alpha value is -2.05. The smallest absolute Gasteiger partial charge is 0.255 e. The minimum absolute atomic E-state index is 0.0389. The molecule has 1 fully saturated rings. The standard InChI is InChI=1S/C19H21ClN2O3S/c1-25-17-5-4-13(20)11-16(17)19(24)21-14-6-8-22(9-7-14)18(23)12-15-3-2-10-26-15/h2-5,10-11,14H,6-9,12H2,1H3,(H,21,24). The van der Waals surface area contributed by atoms with Crippen LogP contribution in [0.15, 0.2) is 35.7 Å². The summed E-state index contributed by atoms with van der Waals surface area (Å²) < 4.78 is 5.24. The van der Waals surface area contributed by atoms with E-state index in [9.17, 15) is 9.59 Å². The number of piperidine rings is 1. The van der Waals surface area contributed by atoms with E-state index in [0.717, 1.165) is 17.7 Å². The second-order valence-corrected chi connectivity index (χ2v) is 7.70. The molecule has 5 nitrogen and oxygen atoms in total. The summed E-state index contributed by atoms with van der Waals surface area (Å²) in [7, 11) is 1.53. The average Bonchev–Trinajstić information content (AvgIpc) is 3.15. The lowest BCUT2D eigenvalue weighted by molar-refractivity contribution is -0.131. The van der Waals surface area contributed by atoms with Gasteiger partial charge in [0.1, 0.15) is 5.75 Å². The topological polar surface area (TPSA) is 58.6 Å². The molecule has 1 aliphatic rings. The largest absolute Gasteiger partial charge is 0.496 e. The summed E-state index contributed by atoms with van der Waals surface area (Å²) >= 11 is 7.59. The van der Waals surface area contributed by atoms with Crippen molar-refractivity contribution in [2.75, 3.05) is 20.2 Å². The fraction of sp³-hybridized carbons (Fsp3) is 0.368. The van der Waals surface area contributed by atoms with E-state index in [2.05, 4.69) is 5.32 Å². The minimum Gasteiger partial charge on any atom is -0.496 e. The highest BCUT2D eigenvalue weighted by molar-refractivity contribution is 7.10. The van der Waals surface area contributed by atoms with Crippen LogP contribution in [0.5, 0.6) is 5.75 Å². The molecule has 2 aromatic rings. The van der Waals surface area contributed by atoms with Gasteiger partial charge in [-0.05, 0) is 42.5 Å². The molecule has 0 saturated carbocycles. The molecule has 26 heavy (non-hydrogen) atoms. The summed E-state index contributed by atoms with van der Waals surface area (Å²) in [6.45, 7) is 1.31. The number of hydrogen-bond donors (Lipinski definition) is 1.